The molecule has 0 saturated heterocycles. The van der Waals surface area contributed by atoms with Crippen LogP contribution in [0.3, 0.4) is 0 Å². The van der Waals surface area contributed by atoms with E-state index in [1.165, 1.54) is 9.80 Å². The van der Waals surface area contributed by atoms with E-state index in [1.54, 1.807) is 0 Å². The Labute approximate surface area is 185 Å². The number of carboxylic acid groups (broad SMARTS) is 4. The van der Waals surface area contributed by atoms with Crippen molar-refractivity contribution in [2.45, 2.75) is 6.42 Å². The van der Waals surface area contributed by atoms with E-state index in [1.807, 2.05) is 0 Å². The number of aliphatic carboxylic acids is 4. The average molecular weight is 402 g/mol. The fourth-order valence-electron chi connectivity index (χ4n) is 1.71. The van der Waals surface area contributed by atoms with Gasteiger partial charge in [0.1, 0.15) is 0 Å². The first kappa shape index (κ1) is 27.8. The summed E-state index contributed by atoms with van der Waals surface area (Å²) in [4.78, 5) is 44.7. The van der Waals surface area contributed by atoms with E-state index < -0.39 is 50.1 Å². The van der Waals surface area contributed by atoms with Crippen LogP contribution in [0.4, 0.5) is 0 Å². The fraction of sp³-hybridized carbons (Fsp3) is 0.636. The summed E-state index contributed by atoms with van der Waals surface area (Å²) < 4.78 is 0. The Morgan fingerprint density at radius 2 is 0.826 bits per heavy atom. The zero-order valence-electron chi connectivity index (χ0n) is 11.6. The molecule has 12 heteroatoms. The van der Waals surface area contributed by atoms with Crippen LogP contribution in [0, 0.1) is 0 Å². The Kier molecular flexibility index (Phi) is 18.7. The van der Waals surface area contributed by atoms with Crippen molar-refractivity contribution in [1.29, 1.82) is 0 Å². The summed E-state index contributed by atoms with van der Waals surface area (Å²) in [5.41, 5.74) is 0. The summed E-state index contributed by atoms with van der Waals surface area (Å²) in [5.74, 6) is -4.71. The zero-order valence-corrected chi connectivity index (χ0v) is 12.7. The van der Waals surface area contributed by atoms with Crippen molar-refractivity contribution in [1.82, 2.24) is 9.80 Å². The molecule has 0 amide bonds. The second-order valence-corrected chi connectivity index (χ2v) is 4.35. The van der Waals surface area contributed by atoms with Crippen molar-refractivity contribution in [3.63, 3.8) is 0 Å². The zero-order chi connectivity index (χ0) is 16.4. The summed E-state index contributed by atoms with van der Waals surface area (Å²) in [6.07, 6.45) is 0.251. The molecule has 130 valence electrons. The third-order valence-electron chi connectivity index (χ3n) is 2.38. The molecule has 0 aliphatic heterocycles. The number of nitrogens with zero attached hydrogens (tertiary/aromatic N) is 2. The average Bonchev–Trinajstić information content (AvgIpc) is 2.24. The maximum atomic E-state index is 10.6. The Balaban J connectivity index is -0.00000200. The number of carboxylic acids is 4. The van der Waals surface area contributed by atoms with Crippen molar-refractivity contribution in [3.8, 4) is 0 Å². The van der Waals surface area contributed by atoms with E-state index in [0.29, 0.717) is 0 Å². The van der Waals surface area contributed by atoms with Gasteiger partial charge in [-0.2, -0.15) is 0 Å². The van der Waals surface area contributed by atoms with Crippen LogP contribution in [-0.4, -0.2) is 145 Å². The Hall–Kier alpha value is -0.0442. The Bertz CT molecular complexity index is 341. The maximum absolute atomic E-state index is 10.6. The van der Waals surface area contributed by atoms with Crippen LogP contribution in [0.2, 0.25) is 0 Å². The van der Waals surface area contributed by atoms with Gasteiger partial charge >= 0.3 is 75.3 Å². The fourth-order valence-corrected chi connectivity index (χ4v) is 1.71. The summed E-state index contributed by atoms with van der Waals surface area (Å²) in [6.45, 7) is -1.61. The second kappa shape index (κ2) is 15.5. The van der Waals surface area contributed by atoms with E-state index in [4.69, 9.17) is 20.4 Å². The van der Waals surface area contributed by atoms with Gasteiger partial charge < -0.3 is 20.4 Å². The van der Waals surface area contributed by atoms with Gasteiger partial charge in [0.15, 0.2) is 0 Å². The molecule has 4 N–H and O–H groups in total. The van der Waals surface area contributed by atoms with E-state index >= 15 is 0 Å². The predicted octanol–water partition coefficient (Wildman–Crippen LogP) is -2.33. The van der Waals surface area contributed by atoms with Crippen LogP contribution in [0.5, 0.6) is 0 Å². The molecule has 0 radical (unpaired) electrons. The molecule has 0 spiro atoms. The molecule has 10 nitrogen and oxygen atoms in total. The molecule has 0 bridgehead atoms. The number of rotatable bonds is 12. The van der Waals surface area contributed by atoms with Crippen LogP contribution in [0.1, 0.15) is 6.42 Å². The van der Waals surface area contributed by atoms with E-state index in [-0.39, 0.29) is 88.0 Å². The van der Waals surface area contributed by atoms with Crippen molar-refractivity contribution < 1.29 is 56.7 Å². The second-order valence-electron chi connectivity index (χ2n) is 4.35. The van der Waals surface area contributed by atoms with Gasteiger partial charge in [0.25, 0.3) is 0 Å². The summed E-state index contributed by atoms with van der Waals surface area (Å²) >= 11 is 0. The molecule has 23 heavy (non-hydrogen) atoms. The van der Waals surface area contributed by atoms with Crippen molar-refractivity contribution in [2.24, 2.45) is 0 Å². The van der Waals surface area contributed by atoms with Crippen LogP contribution in [-0.2, 0) is 36.2 Å². The number of hydrogen-bond acceptors (Lipinski definition) is 6. The van der Waals surface area contributed by atoms with E-state index in [0.717, 1.165) is 0 Å². The van der Waals surface area contributed by atoms with Crippen LogP contribution < -0.4 is 0 Å². The topological polar surface area (TPSA) is 156 Å². The predicted molar refractivity (Wildman–Crippen MR) is 75.2 cm³/mol. The molecule has 0 saturated carbocycles. The molecule has 0 aromatic rings. The van der Waals surface area contributed by atoms with Gasteiger partial charge in [0.2, 0.25) is 0 Å². The molecule has 0 aromatic heterocycles. The first-order valence-electron chi connectivity index (χ1n) is 6.02. The summed E-state index contributed by atoms with van der Waals surface area (Å²) in [6, 6.07) is 0. The van der Waals surface area contributed by atoms with Crippen LogP contribution >= 0.6 is 0 Å². The minimum atomic E-state index is -1.18. The van der Waals surface area contributed by atoms with Gasteiger partial charge in [-0.25, -0.2) is 0 Å². The van der Waals surface area contributed by atoms with E-state index in [2.05, 4.69) is 0 Å². The van der Waals surface area contributed by atoms with Gasteiger partial charge in [-0.1, -0.05) is 0 Å². The molecule has 0 aromatic carbocycles. The van der Waals surface area contributed by atoms with Crippen LogP contribution in [0.25, 0.3) is 0 Å². The summed E-state index contributed by atoms with van der Waals surface area (Å²) in [7, 11) is 0. The molecular formula is C11H19FeKN2O8. The molecule has 0 heterocycles. The first-order chi connectivity index (χ1) is 9.70. The molecule has 0 aliphatic rings. The molecule has 0 unspecified atom stereocenters. The third kappa shape index (κ3) is 18.1. The van der Waals surface area contributed by atoms with Gasteiger partial charge in [-0.15, -0.1) is 0 Å². The quantitative estimate of drug-likeness (QED) is 0.261. The SMILES string of the molecule is O=C(O)CN(CCCN(CC(=O)O)CC(=O)O)CC(=O)O.[Fe].[KH]. The van der Waals surface area contributed by atoms with Crippen LogP contribution in [0.15, 0.2) is 0 Å². The molecular weight excluding hydrogens is 383 g/mol. The van der Waals surface area contributed by atoms with E-state index in [9.17, 15) is 19.2 Å². The van der Waals surface area contributed by atoms with Crippen molar-refractivity contribution in [2.75, 3.05) is 39.3 Å². The monoisotopic (exact) mass is 402 g/mol. The number of hydrogen-bond donors (Lipinski definition) is 4. The van der Waals surface area contributed by atoms with Gasteiger partial charge in [0.05, 0.1) is 26.2 Å². The Morgan fingerprint density at radius 1 is 0.609 bits per heavy atom. The molecule has 0 aliphatic carbocycles. The number of carbonyl (C=O) groups is 4. The third-order valence-corrected chi connectivity index (χ3v) is 2.38. The summed E-state index contributed by atoms with van der Waals surface area (Å²) in [5, 5.41) is 34.6. The van der Waals surface area contributed by atoms with Gasteiger partial charge in [-0.05, 0) is 6.42 Å². The van der Waals surface area contributed by atoms with Crippen molar-refractivity contribution >= 4 is 75.3 Å². The van der Waals surface area contributed by atoms with Gasteiger partial charge in [-0.3, -0.25) is 29.0 Å². The normalized spacial score (nSPS) is 9.83. The minimum absolute atomic E-state index is 0. The molecule has 0 atom stereocenters. The molecule has 0 rings (SSSR count). The van der Waals surface area contributed by atoms with Crippen molar-refractivity contribution in [3.05, 3.63) is 0 Å². The first-order valence-corrected chi connectivity index (χ1v) is 6.02. The molecule has 0 fully saturated rings. The Morgan fingerprint density at radius 3 is 1.00 bits per heavy atom. The standard InChI is InChI=1S/C11H18N2O8.Fe.K.H/c14-8(15)4-12(5-9(16)17)2-1-3-13(6-10(18)19)7-11(20)21;;;/h1-7H2,(H,14,15)(H,16,17)(H,18,19)(H,20,21);;;. The van der Waals surface area contributed by atoms with Gasteiger partial charge in [0, 0.05) is 30.2 Å².